The summed E-state index contributed by atoms with van der Waals surface area (Å²) in [6.07, 6.45) is 4.25. The molecular weight excluding hydrogens is 266 g/mol. The molecule has 1 aliphatic rings. The molecule has 0 saturated heterocycles. The first-order valence-corrected chi connectivity index (χ1v) is 6.53. The maximum absolute atomic E-state index is 10.2. The number of halogens is 1. The third-order valence-electron chi connectivity index (χ3n) is 3.68. The third-order valence-corrected chi connectivity index (χ3v) is 4.50. The first-order chi connectivity index (χ1) is 7.46. The standard InChI is InChI=1S/C13H18BrNO/c1-8-7-10(14)9(2)11(12(8)16)13(15)5-3-4-6-13/h7,16H,3-6,15H2,1-2H3. The molecule has 1 aliphatic carbocycles. The average molecular weight is 284 g/mol. The van der Waals surface area contributed by atoms with Crippen LogP contribution in [0.2, 0.25) is 0 Å². The Morgan fingerprint density at radius 1 is 1.31 bits per heavy atom. The number of nitrogens with two attached hydrogens (primary N) is 1. The third kappa shape index (κ3) is 1.76. The molecule has 0 amide bonds. The summed E-state index contributed by atoms with van der Waals surface area (Å²) in [5, 5.41) is 10.2. The van der Waals surface area contributed by atoms with Crippen LogP contribution in [0.15, 0.2) is 10.5 Å². The van der Waals surface area contributed by atoms with Gasteiger partial charge in [-0.3, -0.25) is 0 Å². The molecule has 0 heterocycles. The van der Waals surface area contributed by atoms with Crippen molar-refractivity contribution in [3.63, 3.8) is 0 Å². The zero-order chi connectivity index (χ0) is 11.9. The average Bonchev–Trinajstić information content (AvgIpc) is 2.63. The van der Waals surface area contributed by atoms with E-state index < -0.39 is 0 Å². The van der Waals surface area contributed by atoms with Crippen LogP contribution in [-0.4, -0.2) is 5.11 Å². The second kappa shape index (κ2) is 4.04. The summed E-state index contributed by atoms with van der Waals surface area (Å²) in [5.74, 6) is 0.380. The predicted octanol–water partition coefficient (Wildman–Crippen LogP) is 3.50. The van der Waals surface area contributed by atoms with Gasteiger partial charge in [-0.15, -0.1) is 0 Å². The molecule has 0 spiro atoms. The fraction of sp³-hybridized carbons (Fsp3) is 0.538. The highest BCUT2D eigenvalue weighted by molar-refractivity contribution is 9.10. The largest absolute Gasteiger partial charge is 0.507 e. The molecule has 3 heteroatoms. The van der Waals surface area contributed by atoms with Crippen molar-refractivity contribution in [2.45, 2.75) is 45.1 Å². The molecule has 0 aromatic heterocycles. The van der Waals surface area contributed by atoms with Crippen molar-refractivity contribution < 1.29 is 5.11 Å². The molecule has 1 fully saturated rings. The van der Waals surface area contributed by atoms with Crippen LogP contribution in [0.1, 0.15) is 42.4 Å². The number of benzene rings is 1. The fourth-order valence-electron chi connectivity index (χ4n) is 2.73. The highest BCUT2D eigenvalue weighted by Gasteiger charge is 2.35. The van der Waals surface area contributed by atoms with Gasteiger partial charge in [-0.25, -0.2) is 0 Å². The minimum Gasteiger partial charge on any atom is -0.507 e. The van der Waals surface area contributed by atoms with Gasteiger partial charge in [-0.2, -0.15) is 0 Å². The Morgan fingerprint density at radius 2 is 1.88 bits per heavy atom. The zero-order valence-corrected chi connectivity index (χ0v) is 11.4. The van der Waals surface area contributed by atoms with E-state index in [4.69, 9.17) is 5.73 Å². The lowest BCUT2D eigenvalue weighted by molar-refractivity contribution is 0.404. The SMILES string of the molecule is Cc1cc(Br)c(C)c(C2(N)CCCC2)c1O. The summed E-state index contributed by atoms with van der Waals surface area (Å²) in [6, 6.07) is 1.95. The molecule has 2 nitrogen and oxygen atoms in total. The Morgan fingerprint density at radius 3 is 2.44 bits per heavy atom. The van der Waals surface area contributed by atoms with E-state index in [1.54, 1.807) is 0 Å². The van der Waals surface area contributed by atoms with Gasteiger partial charge >= 0.3 is 0 Å². The lowest BCUT2D eigenvalue weighted by Crippen LogP contribution is -2.34. The Kier molecular flexibility index (Phi) is 3.01. The van der Waals surface area contributed by atoms with E-state index in [1.165, 1.54) is 0 Å². The molecule has 16 heavy (non-hydrogen) atoms. The van der Waals surface area contributed by atoms with Crippen molar-refractivity contribution in [2.24, 2.45) is 5.73 Å². The molecule has 1 saturated carbocycles. The van der Waals surface area contributed by atoms with E-state index in [9.17, 15) is 5.11 Å². The van der Waals surface area contributed by atoms with Gasteiger partial charge in [0.25, 0.3) is 0 Å². The van der Waals surface area contributed by atoms with Crippen molar-refractivity contribution >= 4 is 15.9 Å². The summed E-state index contributed by atoms with van der Waals surface area (Å²) in [4.78, 5) is 0. The van der Waals surface area contributed by atoms with Gasteiger partial charge in [0.05, 0.1) is 0 Å². The van der Waals surface area contributed by atoms with Crippen molar-refractivity contribution in [3.05, 3.63) is 27.2 Å². The van der Waals surface area contributed by atoms with Gasteiger partial charge < -0.3 is 10.8 Å². The molecular formula is C13H18BrNO. The fourth-order valence-corrected chi connectivity index (χ4v) is 3.27. The summed E-state index contributed by atoms with van der Waals surface area (Å²) in [6.45, 7) is 3.94. The molecule has 2 rings (SSSR count). The zero-order valence-electron chi connectivity index (χ0n) is 9.81. The highest BCUT2D eigenvalue weighted by atomic mass is 79.9. The number of phenols is 1. The van der Waals surface area contributed by atoms with Crippen LogP contribution in [0.3, 0.4) is 0 Å². The van der Waals surface area contributed by atoms with Crippen molar-refractivity contribution in [3.8, 4) is 5.75 Å². The molecule has 0 radical (unpaired) electrons. The van der Waals surface area contributed by atoms with E-state index >= 15 is 0 Å². The molecule has 0 aliphatic heterocycles. The Labute approximate surface area is 105 Å². The van der Waals surface area contributed by atoms with E-state index in [-0.39, 0.29) is 5.54 Å². The van der Waals surface area contributed by atoms with Gasteiger partial charge in [0.2, 0.25) is 0 Å². The lowest BCUT2D eigenvalue weighted by Gasteiger charge is -2.28. The summed E-state index contributed by atoms with van der Waals surface area (Å²) in [7, 11) is 0. The Balaban J connectivity index is 2.63. The predicted molar refractivity (Wildman–Crippen MR) is 69.6 cm³/mol. The van der Waals surface area contributed by atoms with Crippen LogP contribution >= 0.6 is 15.9 Å². The van der Waals surface area contributed by atoms with Crippen molar-refractivity contribution in [1.29, 1.82) is 0 Å². The summed E-state index contributed by atoms with van der Waals surface area (Å²) < 4.78 is 1.04. The minimum atomic E-state index is -0.331. The van der Waals surface area contributed by atoms with E-state index in [0.29, 0.717) is 5.75 Å². The second-order valence-corrected chi connectivity index (χ2v) is 5.74. The lowest BCUT2D eigenvalue weighted by atomic mass is 9.84. The quantitative estimate of drug-likeness (QED) is 0.829. The van der Waals surface area contributed by atoms with Crippen LogP contribution in [0.25, 0.3) is 0 Å². The monoisotopic (exact) mass is 283 g/mol. The van der Waals surface area contributed by atoms with E-state index in [0.717, 1.165) is 46.8 Å². The van der Waals surface area contributed by atoms with E-state index in [2.05, 4.69) is 15.9 Å². The first-order valence-electron chi connectivity index (χ1n) is 5.74. The van der Waals surface area contributed by atoms with Gasteiger partial charge in [0.15, 0.2) is 0 Å². The molecule has 1 aromatic carbocycles. The highest BCUT2D eigenvalue weighted by Crippen LogP contribution is 2.44. The number of rotatable bonds is 1. The molecule has 88 valence electrons. The van der Waals surface area contributed by atoms with Crippen molar-refractivity contribution in [1.82, 2.24) is 0 Å². The maximum Gasteiger partial charge on any atom is 0.123 e. The van der Waals surface area contributed by atoms with Gasteiger partial charge in [-0.05, 0) is 43.9 Å². The summed E-state index contributed by atoms with van der Waals surface area (Å²) in [5.41, 5.74) is 9.02. The molecule has 1 aromatic rings. The molecule has 3 N–H and O–H groups in total. The van der Waals surface area contributed by atoms with Crippen molar-refractivity contribution in [2.75, 3.05) is 0 Å². The second-order valence-electron chi connectivity index (χ2n) is 4.89. The molecule has 0 bridgehead atoms. The number of aromatic hydroxyl groups is 1. The van der Waals surface area contributed by atoms with Crippen LogP contribution in [0.5, 0.6) is 5.75 Å². The smallest absolute Gasteiger partial charge is 0.123 e. The minimum absolute atomic E-state index is 0.331. The van der Waals surface area contributed by atoms with Gasteiger partial charge in [0, 0.05) is 15.6 Å². The maximum atomic E-state index is 10.2. The van der Waals surface area contributed by atoms with Crippen LogP contribution in [0, 0.1) is 13.8 Å². The van der Waals surface area contributed by atoms with E-state index in [1.807, 2.05) is 19.9 Å². The molecule has 0 unspecified atom stereocenters. The van der Waals surface area contributed by atoms with Gasteiger partial charge in [-0.1, -0.05) is 28.8 Å². The topological polar surface area (TPSA) is 46.2 Å². The van der Waals surface area contributed by atoms with Crippen LogP contribution < -0.4 is 5.73 Å². The Bertz CT molecular complexity index is 396. The Hall–Kier alpha value is -0.540. The summed E-state index contributed by atoms with van der Waals surface area (Å²) >= 11 is 3.54. The number of phenolic OH excluding ortho intramolecular Hbond substituents is 1. The van der Waals surface area contributed by atoms with Crippen LogP contribution in [0.4, 0.5) is 0 Å². The number of hydrogen-bond donors (Lipinski definition) is 2. The normalized spacial score (nSPS) is 19.0. The van der Waals surface area contributed by atoms with Gasteiger partial charge in [0.1, 0.15) is 5.75 Å². The van der Waals surface area contributed by atoms with Crippen LogP contribution in [-0.2, 0) is 5.54 Å². The molecule has 0 atom stereocenters. The number of hydrogen-bond acceptors (Lipinski definition) is 2. The first kappa shape index (κ1) is 11.9. The number of aryl methyl sites for hydroxylation is 1.